The molecule has 6 nitrogen and oxygen atoms in total. The lowest BCUT2D eigenvalue weighted by atomic mass is 10.0. The summed E-state index contributed by atoms with van der Waals surface area (Å²) in [6, 6.07) is 6.92. The molecule has 0 bridgehead atoms. The van der Waals surface area contributed by atoms with Gasteiger partial charge in [0.1, 0.15) is 10.7 Å². The topological polar surface area (TPSA) is 67.6 Å². The van der Waals surface area contributed by atoms with Crippen LogP contribution in [-0.2, 0) is 16.4 Å². The van der Waals surface area contributed by atoms with Gasteiger partial charge >= 0.3 is 0 Å². The highest BCUT2D eigenvalue weighted by Gasteiger charge is 2.26. The summed E-state index contributed by atoms with van der Waals surface area (Å²) in [5.74, 6) is -0.228. The lowest BCUT2D eigenvalue weighted by Crippen LogP contribution is -2.23. The molecule has 3 heterocycles. The molecule has 0 saturated carbocycles. The van der Waals surface area contributed by atoms with Crippen molar-refractivity contribution >= 4 is 15.5 Å². The van der Waals surface area contributed by atoms with Gasteiger partial charge in [0.15, 0.2) is 15.5 Å². The van der Waals surface area contributed by atoms with Gasteiger partial charge in [-0.25, -0.2) is 22.3 Å². The molecule has 3 aromatic rings. The molecule has 1 aromatic carbocycles. The van der Waals surface area contributed by atoms with Gasteiger partial charge < -0.3 is 0 Å². The SMILES string of the molecule is CS(=O)(=O)c1cnn2cc(CN3CCCC3c3ccc(F)cc3)cnc12. The predicted molar refractivity (Wildman–Crippen MR) is 94.9 cm³/mol. The van der Waals surface area contributed by atoms with Gasteiger partial charge in [-0.05, 0) is 37.1 Å². The second-order valence-corrected chi connectivity index (χ2v) is 8.68. The number of sulfone groups is 1. The lowest BCUT2D eigenvalue weighted by molar-refractivity contribution is 0.247. The Morgan fingerprint density at radius 3 is 2.73 bits per heavy atom. The van der Waals surface area contributed by atoms with Gasteiger partial charge in [0.05, 0.1) is 6.20 Å². The molecule has 0 radical (unpaired) electrons. The fraction of sp³-hybridized carbons (Fsp3) is 0.333. The molecule has 26 heavy (non-hydrogen) atoms. The van der Waals surface area contributed by atoms with Crippen molar-refractivity contribution in [3.05, 3.63) is 59.8 Å². The minimum absolute atomic E-state index is 0.134. The van der Waals surface area contributed by atoms with Crippen molar-refractivity contribution in [3.8, 4) is 0 Å². The second kappa shape index (κ2) is 6.44. The van der Waals surface area contributed by atoms with Gasteiger partial charge in [-0.3, -0.25) is 4.90 Å². The summed E-state index contributed by atoms with van der Waals surface area (Å²) in [4.78, 5) is 6.77. The maximum absolute atomic E-state index is 13.2. The Morgan fingerprint density at radius 1 is 1.23 bits per heavy atom. The second-order valence-electron chi connectivity index (χ2n) is 6.69. The summed E-state index contributed by atoms with van der Waals surface area (Å²) in [5.41, 5.74) is 2.40. The molecule has 1 saturated heterocycles. The van der Waals surface area contributed by atoms with Crippen LogP contribution in [0.1, 0.15) is 30.0 Å². The van der Waals surface area contributed by atoms with E-state index in [1.165, 1.54) is 22.8 Å². The molecule has 0 N–H and O–H groups in total. The quantitative estimate of drug-likeness (QED) is 0.702. The van der Waals surface area contributed by atoms with Crippen LogP contribution < -0.4 is 0 Å². The molecule has 1 fully saturated rings. The average Bonchev–Trinajstić information content (AvgIpc) is 3.21. The van der Waals surface area contributed by atoms with Gasteiger partial charge in [-0.15, -0.1) is 0 Å². The van der Waals surface area contributed by atoms with E-state index in [2.05, 4.69) is 15.0 Å². The molecule has 1 aliphatic heterocycles. The number of fused-ring (bicyclic) bond motifs is 1. The molecule has 4 rings (SSSR count). The monoisotopic (exact) mass is 374 g/mol. The average molecular weight is 374 g/mol. The third kappa shape index (κ3) is 3.22. The summed E-state index contributed by atoms with van der Waals surface area (Å²) in [7, 11) is -3.36. The van der Waals surface area contributed by atoms with Crippen molar-refractivity contribution in [3.63, 3.8) is 0 Å². The molecule has 0 aliphatic carbocycles. The van der Waals surface area contributed by atoms with Crippen LogP contribution in [0.4, 0.5) is 4.39 Å². The van der Waals surface area contributed by atoms with Crippen LogP contribution in [-0.4, -0.2) is 40.7 Å². The highest BCUT2D eigenvalue weighted by atomic mass is 32.2. The van der Waals surface area contributed by atoms with E-state index in [4.69, 9.17) is 0 Å². The van der Waals surface area contributed by atoms with Crippen LogP contribution in [0.2, 0.25) is 0 Å². The highest BCUT2D eigenvalue weighted by molar-refractivity contribution is 7.90. The number of hydrogen-bond donors (Lipinski definition) is 0. The molecule has 0 amide bonds. The van der Waals surface area contributed by atoms with E-state index in [-0.39, 0.29) is 16.8 Å². The smallest absolute Gasteiger partial charge is 0.180 e. The Kier molecular flexibility index (Phi) is 4.24. The Hall–Kier alpha value is -2.32. The Labute approximate surface area is 151 Å². The normalized spacial score (nSPS) is 18.6. The first-order valence-electron chi connectivity index (χ1n) is 8.44. The van der Waals surface area contributed by atoms with Crippen LogP contribution in [0.25, 0.3) is 5.65 Å². The first kappa shape index (κ1) is 17.1. The van der Waals surface area contributed by atoms with Crippen LogP contribution in [0.5, 0.6) is 0 Å². The van der Waals surface area contributed by atoms with Crippen molar-refractivity contribution in [2.75, 3.05) is 12.8 Å². The number of halogens is 1. The van der Waals surface area contributed by atoms with E-state index in [1.807, 2.05) is 18.3 Å². The van der Waals surface area contributed by atoms with Gasteiger partial charge in [-0.1, -0.05) is 12.1 Å². The summed E-state index contributed by atoms with van der Waals surface area (Å²) in [5, 5.41) is 4.12. The zero-order valence-corrected chi connectivity index (χ0v) is 15.2. The number of likely N-dealkylation sites (tertiary alicyclic amines) is 1. The van der Waals surface area contributed by atoms with Gasteiger partial charge in [0.2, 0.25) is 0 Å². The molecular formula is C18H19FN4O2S. The van der Waals surface area contributed by atoms with Crippen LogP contribution >= 0.6 is 0 Å². The fourth-order valence-corrected chi connectivity index (χ4v) is 4.26. The predicted octanol–water partition coefficient (Wildman–Crippen LogP) is 2.61. The number of nitrogens with zero attached hydrogens (tertiary/aromatic N) is 4. The number of hydrogen-bond acceptors (Lipinski definition) is 5. The molecule has 0 spiro atoms. The van der Waals surface area contributed by atoms with E-state index < -0.39 is 9.84 Å². The van der Waals surface area contributed by atoms with Crippen LogP contribution in [0.3, 0.4) is 0 Å². The standard InChI is InChI=1S/C18H19FN4O2S/c1-26(24,25)17-10-21-23-12-13(9-20-18(17)23)11-22-8-2-3-16(22)14-4-6-15(19)7-5-14/h4-7,9-10,12,16H,2-3,8,11H2,1H3. The number of rotatable bonds is 4. The zero-order valence-electron chi connectivity index (χ0n) is 14.3. The molecule has 136 valence electrons. The Balaban J connectivity index is 1.59. The summed E-state index contributed by atoms with van der Waals surface area (Å²) in [6.45, 7) is 1.63. The molecule has 8 heteroatoms. The Bertz CT molecular complexity index is 1050. The third-order valence-electron chi connectivity index (χ3n) is 4.78. The van der Waals surface area contributed by atoms with E-state index in [0.717, 1.165) is 36.8 Å². The molecule has 1 atom stereocenters. The van der Waals surface area contributed by atoms with E-state index in [9.17, 15) is 12.8 Å². The summed E-state index contributed by atoms with van der Waals surface area (Å²) < 4.78 is 38.2. The molecular weight excluding hydrogens is 355 g/mol. The van der Waals surface area contributed by atoms with E-state index in [1.54, 1.807) is 6.20 Å². The maximum Gasteiger partial charge on any atom is 0.180 e. The third-order valence-corrected chi connectivity index (χ3v) is 5.87. The fourth-order valence-electron chi connectivity index (χ4n) is 3.55. The molecule has 1 unspecified atom stereocenters. The Morgan fingerprint density at radius 2 is 2.00 bits per heavy atom. The first-order valence-corrected chi connectivity index (χ1v) is 10.3. The zero-order chi connectivity index (χ0) is 18.3. The minimum atomic E-state index is -3.36. The summed E-state index contributed by atoms with van der Waals surface area (Å²) in [6.07, 6.45) is 8.11. The van der Waals surface area contributed by atoms with Crippen LogP contribution in [0, 0.1) is 5.82 Å². The largest absolute Gasteiger partial charge is 0.292 e. The number of benzene rings is 1. The molecule has 2 aromatic heterocycles. The van der Waals surface area contributed by atoms with E-state index in [0.29, 0.717) is 12.2 Å². The lowest BCUT2D eigenvalue weighted by Gasteiger charge is -2.24. The maximum atomic E-state index is 13.2. The minimum Gasteiger partial charge on any atom is -0.292 e. The van der Waals surface area contributed by atoms with Crippen molar-refractivity contribution in [1.29, 1.82) is 0 Å². The van der Waals surface area contributed by atoms with Crippen molar-refractivity contribution in [1.82, 2.24) is 19.5 Å². The van der Waals surface area contributed by atoms with Crippen LogP contribution in [0.15, 0.2) is 47.8 Å². The van der Waals surface area contributed by atoms with Gasteiger partial charge in [-0.2, -0.15) is 5.10 Å². The van der Waals surface area contributed by atoms with Crippen molar-refractivity contribution in [2.24, 2.45) is 0 Å². The highest BCUT2D eigenvalue weighted by Crippen LogP contribution is 2.33. The van der Waals surface area contributed by atoms with E-state index >= 15 is 0 Å². The van der Waals surface area contributed by atoms with Gasteiger partial charge in [0.25, 0.3) is 0 Å². The van der Waals surface area contributed by atoms with Gasteiger partial charge in [0, 0.05) is 36.8 Å². The van der Waals surface area contributed by atoms with Crippen molar-refractivity contribution in [2.45, 2.75) is 30.3 Å². The van der Waals surface area contributed by atoms with Crippen molar-refractivity contribution < 1.29 is 12.8 Å². The molecule has 1 aliphatic rings. The first-order chi connectivity index (χ1) is 12.4. The number of aromatic nitrogens is 3. The summed E-state index contributed by atoms with van der Waals surface area (Å²) >= 11 is 0.